The quantitative estimate of drug-likeness (QED) is 0.483. The smallest absolute Gasteiger partial charge is 0.348 e. The number of benzene rings is 1. The van der Waals surface area contributed by atoms with Crippen molar-refractivity contribution in [3.05, 3.63) is 34.9 Å². The number of nitrogens with zero attached hydrogens (tertiary/aromatic N) is 1. The van der Waals surface area contributed by atoms with E-state index in [0.717, 1.165) is 6.07 Å². The zero-order chi connectivity index (χ0) is 15.1. The lowest BCUT2D eigenvalue weighted by atomic mass is 10.1. The molecular formula is C14H13NO5. The maximum atomic E-state index is 11.5. The van der Waals surface area contributed by atoms with Crippen LogP contribution in [0.25, 0.3) is 6.08 Å². The first-order chi connectivity index (χ1) is 9.49. The van der Waals surface area contributed by atoms with Crippen molar-refractivity contribution in [3.8, 4) is 11.8 Å². The normalized spacial score (nSPS) is 10.7. The van der Waals surface area contributed by atoms with Gasteiger partial charge in [0, 0.05) is 0 Å². The molecule has 1 aromatic carbocycles. The van der Waals surface area contributed by atoms with Gasteiger partial charge in [-0.15, -0.1) is 0 Å². The fraction of sp³-hybridized carbons (Fsp3) is 0.214. The number of carbonyl (C=O) groups excluding carboxylic acids is 1. The van der Waals surface area contributed by atoms with Crippen LogP contribution in [0.4, 0.5) is 0 Å². The van der Waals surface area contributed by atoms with E-state index in [-0.39, 0.29) is 17.7 Å². The van der Waals surface area contributed by atoms with Gasteiger partial charge >= 0.3 is 11.9 Å². The summed E-state index contributed by atoms with van der Waals surface area (Å²) in [5.41, 5.74) is -0.146. The minimum Gasteiger partial charge on any atom is -0.507 e. The highest BCUT2D eigenvalue weighted by molar-refractivity contribution is 5.98. The van der Waals surface area contributed by atoms with Gasteiger partial charge in [-0.1, -0.05) is 13.0 Å². The van der Waals surface area contributed by atoms with Crippen LogP contribution in [-0.4, -0.2) is 28.8 Å². The van der Waals surface area contributed by atoms with Crippen LogP contribution < -0.4 is 0 Å². The Balaban J connectivity index is 3.02. The molecule has 1 aromatic rings. The summed E-state index contributed by atoms with van der Waals surface area (Å²) >= 11 is 0. The second-order valence-corrected chi connectivity index (χ2v) is 3.89. The molecule has 0 spiro atoms. The van der Waals surface area contributed by atoms with E-state index in [0.29, 0.717) is 12.0 Å². The van der Waals surface area contributed by atoms with Crippen LogP contribution in [0.3, 0.4) is 0 Å². The number of ether oxygens (including phenoxy) is 1. The minimum atomic E-state index is -1.26. The summed E-state index contributed by atoms with van der Waals surface area (Å²) in [6, 6.07) is 5.44. The number of rotatable bonds is 5. The molecule has 104 valence electrons. The van der Waals surface area contributed by atoms with Gasteiger partial charge < -0.3 is 14.9 Å². The standard InChI is InChI=1S/C14H13NO5/c1-2-5-20-14(19)10(8-15)6-9-3-4-11(13(17)18)12(16)7-9/h3-4,6-7,16H,2,5H2,1H3,(H,17,18). The van der Waals surface area contributed by atoms with Gasteiger partial charge in [0.25, 0.3) is 0 Å². The summed E-state index contributed by atoms with van der Waals surface area (Å²) in [5, 5.41) is 27.2. The summed E-state index contributed by atoms with van der Waals surface area (Å²) in [6.45, 7) is 2.03. The average Bonchev–Trinajstić information content (AvgIpc) is 2.41. The summed E-state index contributed by atoms with van der Waals surface area (Å²) < 4.78 is 4.82. The van der Waals surface area contributed by atoms with Crippen LogP contribution in [0.2, 0.25) is 0 Å². The van der Waals surface area contributed by atoms with Crippen molar-refractivity contribution in [2.75, 3.05) is 6.61 Å². The molecule has 0 fully saturated rings. The van der Waals surface area contributed by atoms with Gasteiger partial charge in [0.15, 0.2) is 0 Å². The Labute approximate surface area is 115 Å². The third-order valence-electron chi connectivity index (χ3n) is 2.34. The number of phenols is 1. The molecule has 0 saturated carbocycles. The van der Waals surface area contributed by atoms with Gasteiger partial charge in [0.05, 0.1) is 6.61 Å². The highest BCUT2D eigenvalue weighted by Gasteiger charge is 2.12. The molecule has 0 aliphatic rings. The van der Waals surface area contributed by atoms with Crippen molar-refractivity contribution >= 4 is 18.0 Å². The third kappa shape index (κ3) is 3.85. The van der Waals surface area contributed by atoms with E-state index in [2.05, 4.69) is 0 Å². The lowest BCUT2D eigenvalue weighted by Gasteiger charge is -2.03. The Morgan fingerprint density at radius 3 is 2.65 bits per heavy atom. The van der Waals surface area contributed by atoms with Crippen molar-refractivity contribution in [1.29, 1.82) is 5.26 Å². The number of nitriles is 1. The molecule has 0 bridgehead atoms. The molecule has 1 rings (SSSR count). The molecule has 0 amide bonds. The number of carboxylic acid groups (broad SMARTS) is 1. The molecule has 0 heterocycles. The van der Waals surface area contributed by atoms with Gasteiger partial charge in [-0.2, -0.15) is 5.26 Å². The number of carbonyl (C=O) groups is 2. The highest BCUT2D eigenvalue weighted by atomic mass is 16.5. The van der Waals surface area contributed by atoms with Crippen molar-refractivity contribution in [2.45, 2.75) is 13.3 Å². The zero-order valence-corrected chi connectivity index (χ0v) is 10.8. The van der Waals surface area contributed by atoms with Gasteiger partial charge in [-0.3, -0.25) is 0 Å². The van der Waals surface area contributed by atoms with E-state index in [1.54, 1.807) is 6.07 Å². The van der Waals surface area contributed by atoms with Crippen molar-refractivity contribution in [1.82, 2.24) is 0 Å². The molecule has 0 saturated heterocycles. The maximum Gasteiger partial charge on any atom is 0.348 e. The van der Waals surface area contributed by atoms with Crippen LogP contribution in [0, 0.1) is 11.3 Å². The van der Waals surface area contributed by atoms with Gasteiger partial charge in [0.2, 0.25) is 0 Å². The molecule has 20 heavy (non-hydrogen) atoms. The van der Waals surface area contributed by atoms with Gasteiger partial charge in [-0.25, -0.2) is 9.59 Å². The maximum absolute atomic E-state index is 11.5. The predicted molar refractivity (Wildman–Crippen MR) is 69.9 cm³/mol. The molecule has 2 N–H and O–H groups in total. The van der Waals surface area contributed by atoms with E-state index in [1.165, 1.54) is 18.2 Å². The Hall–Kier alpha value is -2.81. The molecule has 0 aromatic heterocycles. The number of aromatic carboxylic acids is 1. The van der Waals surface area contributed by atoms with Crippen LogP contribution in [-0.2, 0) is 9.53 Å². The Morgan fingerprint density at radius 1 is 1.45 bits per heavy atom. The molecule has 6 heteroatoms. The molecule has 0 unspecified atom stereocenters. The number of carboxylic acids is 1. The minimum absolute atomic E-state index is 0.209. The predicted octanol–water partition coefficient (Wildman–Crippen LogP) is 1.95. The number of aromatic hydroxyl groups is 1. The zero-order valence-electron chi connectivity index (χ0n) is 10.8. The number of esters is 1. The molecule has 6 nitrogen and oxygen atoms in total. The van der Waals surface area contributed by atoms with Crippen LogP contribution >= 0.6 is 0 Å². The molecule has 0 aliphatic carbocycles. The molecular weight excluding hydrogens is 262 g/mol. The van der Waals surface area contributed by atoms with Crippen molar-refractivity contribution < 1.29 is 24.5 Å². The number of hydrogen-bond acceptors (Lipinski definition) is 5. The summed E-state index contributed by atoms with van der Waals surface area (Å²) in [7, 11) is 0. The van der Waals surface area contributed by atoms with E-state index in [4.69, 9.17) is 15.1 Å². The second-order valence-electron chi connectivity index (χ2n) is 3.89. The van der Waals surface area contributed by atoms with Gasteiger partial charge in [-0.05, 0) is 30.2 Å². The van der Waals surface area contributed by atoms with E-state index in [1.807, 2.05) is 6.92 Å². The van der Waals surface area contributed by atoms with Crippen molar-refractivity contribution in [3.63, 3.8) is 0 Å². The topological polar surface area (TPSA) is 108 Å². The van der Waals surface area contributed by atoms with Crippen LogP contribution in [0.1, 0.15) is 29.3 Å². The first-order valence-corrected chi connectivity index (χ1v) is 5.84. The lowest BCUT2D eigenvalue weighted by molar-refractivity contribution is -0.138. The average molecular weight is 275 g/mol. The Bertz CT molecular complexity index is 598. The monoisotopic (exact) mass is 275 g/mol. The summed E-state index contributed by atoms with van der Waals surface area (Å²) in [5.74, 6) is -2.46. The number of hydrogen-bond donors (Lipinski definition) is 2. The molecule has 0 aliphatic heterocycles. The Kier molecular flexibility index (Phi) is 5.30. The van der Waals surface area contributed by atoms with E-state index < -0.39 is 17.7 Å². The third-order valence-corrected chi connectivity index (χ3v) is 2.34. The van der Waals surface area contributed by atoms with E-state index in [9.17, 15) is 14.7 Å². The highest BCUT2D eigenvalue weighted by Crippen LogP contribution is 2.20. The lowest BCUT2D eigenvalue weighted by Crippen LogP contribution is -2.07. The Morgan fingerprint density at radius 2 is 2.15 bits per heavy atom. The van der Waals surface area contributed by atoms with Crippen LogP contribution in [0.15, 0.2) is 23.8 Å². The van der Waals surface area contributed by atoms with Gasteiger partial charge in [0.1, 0.15) is 23.0 Å². The largest absolute Gasteiger partial charge is 0.507 e. The SMILES string of the molecule is CCCOC(=O)C(C#N)=Cc1ccc(C(=O)O)c(O)c1. The first kappa shape index (κ1) is 15.2. The van der Waals surface area contributed by atoms with Crippen molar-refractivity contribution in [2.24, 2.45) is 0 Å². The van der Waals surface area contributed by atoms with Crippen LogP contribution in [0.5, 0.6) is 5.75 Å². The fourth-order valence-corrected chi connectivity index (χ4v) is 1.40. The van der Waals surface area contributed by atoms with E-state index >= 15 is 0 Å². The summed E-state index contributed by atoms with van der Waals surface area (Å²) in [6.07, 6.45) is 1.86. The molecule has 0 radical (unpaired) electrons. The first-order valence-electron chi connectivity index (χ1n) is 5.84. The fourth-order valence-electron chi connectivity index (χ4n) is 1.40. The summed E-state index contributed by atoms with van der Waals surface area (Å²) in [4.78, 5) is 22.3. The molecule has 0 atom stereocenters. The second kappa shape index (κ2) is 6.95.